The Morgan fingerprint density at radius 2 is 1.14 bits per heavy atom. The summed E-state index contributed by atoms with van der Waals surface area (Å²) in [4.78, 5) is 14.1. The standard InChI is InChI=1S/C32H23N3/c1-22-34-30(21-31(35-22)28-12-5-11-27(20-28)23-8-3-2-4-9-23)25-17-15-24(16-18-25)29-14-6-10-26-13-7-19-33-32(26)29/h2-21H,1H3. The number of pyridine rings is 1. The summed E-state index contributed by atoms with van der Waals surface area (Å²) in [5.74, 6) is 0.755. The van der Waals surface area contributed by atoms with E-state index in [2.05, 4.69) is 108 Å². The van der Waals surface area contributed by atoms with Crippen molar-refractivity contribution in [3.63, 3.8) is 0 Å². The second-order valence-corrected chi connectivity index (χ2v) is 8.59. The maximum absolute atomic E-state index is 4.74. The van der Waals surface area contributed by atoms with Crippen molar-refractivity contribution in [2.45, 2.75) is 6.92 Å². The van der Waals surface area contributed by atoms with Gasteiger partial charge < -0.3 is 0 Å². The monoisotopic (exact) mass is 449 g/mol. The van der Waals surface area contributed by atoms with Crippen molar-refractivity contribution in [2.24, 2.45) is 0 Å². The van der Waals surface area contributed by atoms with Gasteiger partial charge in [0.1, 0.15) is 5.82 Å². The molecule has 2 heterocycles. The van der Waals surface area contributed by atoms with Gasteiger partial charge in [-0.15, -0.1) is 0 Å². The smallest absolute Gasteiger partial charge is 0.126 e. The zero-order valence-electron chi connectivity index (χ0n) is 19.4. The van der Waals surface area contributed by atoms with Gasteiger partial charge in [0.05, 0.1) is 16.9 Å². The van der Waals surface area contributed by atoms with Crippen molar-refractivity contribution in [3.8, 4) is 44.8 Å². The predicted octanol–water partition coefficient (Wildman–Crippen LogP) is 8.00. The van der Waals surface area contributed by atoms with Crippen molar-refractivity contribution in [1.82, 2.24) is 15.0 Å². The predicted molar refractivity (Wildman–Crippen MR) is 144 cm³/mol. The molecule has 0 bridgehead atoms. The minimum Gasteiger partial charge on any atom is -0.256 e. The minimum absolute atomic E-state index is 0.755. The number of fused-ring (bicyclic) bond motifs is 1. The molecule has 0 amide bonds. The van der Waals surface area contributed by atoms with Crippen LogP contribution < -0.4 is 0 Å². The van der Waals surface area contributed by atoms with Gasteiger partial charge in [-0.3, -0.25) is 4.98 Å². The van der Waals surface area contributed by atoms with E-state index in [9.17, 15) is 0 Å². The Morgan fingerprint density at radius 1 is 0.486 bits per heavy atom. The number of nitrogens with zero attached hydrogens (tertiary/aromatic N) is 3. The summed E-state index contributed by atoms with van der Waals surface area (Å²) in [5, 5.41) is 1.14. The highest BCUT2D eigenvalue weighted by molar-refractivity contribution is 5.93. The molecule has 4 aromatic carbocycles. The van der Waals surface area contributed by atoms with Crippen molar-refractivity contribution in [1.29, 1.82) is 0 Å². The highest BCUT2D eigenvalue weighted by atomic mass is 14.9. The number of para-hydroxylation sites is 1. The van der Waals surface area contributed by atoms with E-state index in [0.717, 1.165) is 50.4 Å². The Labute approximate surface area is 204 Å². The largest absolute Gasteiger partial charge is 0.256 e. The van der Waals surface area contributed by atoms with Crippen LogP contribution in [-0.4, -0.2) is 15.0 Å². The third-order valence-electron chi connectivity index (χ3n) is 6.23. The van der Waals surface area contributed by atoms with Gasteiger partial charge in [0.15, 0.2) is 0 Å². The molecule has 6 rings (SSSR count). The Kier molecular flexibility index (Phi) is 5.36. The third-order valence-corrected chi connectivity index (χ3v) is 6.23. The summed E-state index contributed by atoms with van der Waals surface area (Å²) < 4.78 is 0. The first-order valence-corrected chi connectivity index (χ1v) is 11.7. The SMILES string of the molecule is Cc1nc(-c2ccc(-c3cccc4cccnc34)cc2)cc(-c2cccc(-c3ccccc3)c2)n1. The fourth-order valence-corrected chi connectivity index (χ4v) is 4.51. The molecule has 0 atom stereocenters. The van der Waals surface area contributed by atoms with Crippen LogP contribution in [-0.2, 0) is 0 Å². The van der Waals surface area contributed by atoms with Gasteiger partial charge in [0.25, 0.3) is 0 Å². The Bertz CT molecular complexity index is 1630. The van der Waals surface area contributed by atoms with Gasteiger partial charge in [-0.2, -0.15) is 0 Å². The van der Waals surface area contributed by atoms with Gasteiger partial charge in [0.2, 0.25) is 0 Å². The van der Waals surface area contributed by atoms with E-state index >= 15 is 0 Å². The van der Waals surface area contributed by atoms with Crippen LogP contribution in [0, 0.1) is 6.92 Å². The molecule has 3 nitrogen and oxygen atoms in total. The maximum atomic E-state index is 4.74. The normalized spacial score (nSPS) is 11.0. The number of aromatic nitrogens is 3. The molecule has 0 aliphatic heterocycles. The maximum Gasteiger partial charge on any atom is 0.126 e. The van der Waals surface area contributed by atoms with Gasteiger partial charge >= 0.3 is 0 Å². The third kappa shape index (κ3) is 4.20. The molecular weight excluding hydrogens is 426 g/mol. The van der Waals surface area contributed by atoms with E-state index < -0.39 is 0 Å². The van der Waals surface area contributed by atoms with Crippen LogP contribution in [0.2, 0.25) is 0 Å². The van der Waals surface area contributed by atoms with Crippen LogP contribution in [0.5, 0.6) is 0 Å². The molecular formula is C32H23N3. The molecule has 35 heavy (non-hydrogen) atoms. The van der Waals surface area contributed by atoms with Crippen LogP contribution in [0.15, 0.2) is 121 Å². The number of aryl methyl sites for hydroxylation is 1. The van der Waals surface area contributed by atoms with Crippen LogP contribution in [0.1, 0.15) is 5.82 Å². The van der Waals surface area contributed by atoms with E-state index in [4.69, 9.17) is 9.97 Å². The van der Waals surface area contributed by atoms with E-state index in [1.165, 1.54) is 11.1 Å². The zero-order chi connectivity index (χ0) is 23.6. The van der Waals surface area contributed by atoms with Crippen molar-refractivity contribution < 1.29 is 0 Å². The molecule has 3 heteroatoms. The molecule has 0 N–H and O–H groups in total. The van der Waals surface area contributed by atoms with E-state index in [-0.39, 0.29) is 0 Å². The van der Waals surface area contributed by atoms with Crippen LogP contribution in [0.4, 0.5) is 0 Å². The van der Waals surface area contributed by atoms with E-state index in [1.807, 2.05) is 25.3 Å². The van der Waals surface area contributed by atoms with Crippen molar-refractivity contribution >= 4 is 10.9 Å². The molecule has 6 aromatic rings. The number of hydrogen-bond donors (Lipinski definition) is 0. The Hall–Kier alpha value is -4.63. The number of rotatable bonds is 4. The minimum atomic E-state index is 0.755. The lowest BCUT2D eigenvalue weighted by atomic mass is 9.99. The Balaban J connectivity index is 1.36. The topological polar surface area (TPSA) is 38.7 Å². The molecule has 0 aliphatic rings. The Morgan fingerprint density at radius 3 is 1.97 bits per heavy atom. The lowest BCUT2D eigenvalue weighted by Gasteiger charge is -2.10. The molecule has 0 spiro atoms. The van der Waals surface area contributed by atoms with Crippen molar-refractivity contribution in [3.05, 3.63) is 127 Å². The fourth-order valence-electron chi connectivity index (χ4n) is 4.51. The summed E-state index contributed by atoms with van der Waals surface area (Å²) >= 11 is 0. The van der Waals surface area contributed by atoms with Gasteiger partial charge in [0, 0.05) is 28.3 Å². The van der Waals surface area contributed by atoms with Crippen LogP contribution >= 0.6 is 0 Å². The average molecular weight is 450 g/mol. The number of hydrogen-bond acceptors (Lipinski definition) is 3. The fraction of sp³-hybridized carbons (Fsp3) is 0.0312. The zero-order valence-corrected chi connectivity index (χ0v) is 19.4. The van der Waals surface area contributed by atoms with Gasteiger partial charge in [-0.1, -0.05) is 97.1 Å². The quantitative estimate of drug-likeness (QED) is 0.274. The first kappa shape index (κ1) is 20.9. The van der Waals surface area contributed by atoms with Crippen molar-refractivity contribution in [2.75, 3.05) is 0 Å². The lowest BCUT2D eigenvalue weighted by molar-refractivity contribution is 1.06. The molecule has 0 unspecified atom stereocenters. The molecule has 0 saturated carbocycles. The highest BCUT2D eigenvalue weighted by Gasteiger charge is 2.10. The highest BCUT2D eigenvalue weighted by Crippen LogP contribution is 2.31. The van der Waals surface area contributed by atoms with Gasteiger partial charge in [-0.05, 0) is 41.8 Å². The molecule has 0 radical (unpaired) electrons. The summed E-state index contributed by atoms with van der Waals surface area (Å²) in [6, 6.07) is 39.9. The summed E-state index contributed by atoms with van der Waals surface area (Å²) in [6.45, 7) is 1.95. The summed E-state index contributed by atoms with van der Waals surface area (Å²) in [7, 11) is 0. The summed E-state index contributed by atoms with van der Waals surface area (Å²) in [6.07, 6.45) is 1.85. The molecule has 0 saturated heterocycles. The van der Waals surface area contributed by atoms with Crippen LogP contribution in [0.3, 0.4) is 0 Å². The van der Waals surface area contributed by atoms with E-state index in [0.29, 0.717) is 0 Å². The first-order valence-electron chi connectivity index (χ1n) is 11.7. The average Bonchev–Trinajstić information content (AvgIpc) is 2.93. The first-order chi connectivity index (χ1) is 17.2. The molecule has 0 aliphatic carbocycles. The lowest BCUT2D eigenvalue weighted by Crippen LogP contribution is -1.95. The second kappa shape index (κ2) is 8.96. The molecule has 0 fully saturated rings. The summed E-state index contributed by atoms with van der Waals surface area (Å²) in [5.41, 5.74) is 9.64. The van der Waals surface area contributed by atoms with Crippen LogP contribution in [0.25, 0.3) is 55.7 Å². The number of benzene rings is 4. The molecule has 166 valence electrons. The van der Waals surface area contributed by atoms with E-state index in [1.54, 1.807) is 0 Å². The molecule has 2 aromatic heterocycles. The van der Waals surface area contributed by atoms with Gasteiger partial charge in [-0.25, -0.2) is 9.97 Å². The second-order valence-electron chi connectivity index (χ2n) is 8.59.